The molecule has 0 fully saturated rings. The van der Waals surface area contributed by atoms with Crippen molar-refractivity contribution in [2.45, 2.75) is 26.8 Å². The Morgan fingerprint density at radius 2 is 2.22 bits per heavy atom. The van der Waals surface area contributed by atoms with E-state index in [-0.39, 0.29) is 5.97 Å². The molecule has 1 aromatic rings. The summed E-state index contributed by atoms with van der Waals surface area (Å²) in [5.74, 6) is -0.192. The van der Waals surface area contributed by atoms with E-state index in [0.29, 0.717) is 24.7 Å². The molecule has 0 spiro atoms. The van der Waals surface area contributed by atoms with E-state index in [1.54, 1.807) is 4.68 Å². The Morgan fingerprint density at radius 3 is 2.67 bits per heavy atom. The molecule has 0 aliphatic heterocycles. The first kappa shape index (κ1) is 15.0. The van der Waals surface area contributed by atoms with E-state index < -0.39 is 0 Å². The van der Waals surface area contributed by atoms with Crippen LogP contribution < -0.4 is 0 Å². The van der Waals surface area contributed by atoms with Crippen LogP contribution in [0.1, 0.15) is 24.6 Å². The maximum Gasteiger partial charge on any atom is 0.306 e. The summed E-state index contributed by atoms with van der Waals surface area (Å²) in [5, 5.41) is 4.93. The van der Waals surface area contributed by atoms with Crippen LogP contribution in [-0.2, 0) is 23.1 Å². The second-order valence-corrected chi connectivity index (χ2v) is 4.53. The molecule has 1 heterocycles. The minimum Gasteiger partial charge on any atom is -0.469 e. The van der Waals surface area contributed by atoms with Gasteiger partial charge in [-0.3, -0.25) is 14.4 Å². The van der Waals surface area contributed by atoms with E-state index >= 15 is 0 Å². The molecule has 5 nitrogen and oxygen atoms in total. The average Bonchev–Trinajstić information content (AvgIpc) is 2.59. The Balaban J connectivity index is 2.65. The number of nitrogens with zero attached hydrogens (tertiary/aromatic N) is 3. The lowest BCUT2D eigenvalue weighted by molar-refractivity contribution is -0.141. The molecule has 6 heteroatoms. The largest absolute Gasteiger partial charge is 0.469 e. The van der Waals surface area contributed by atoms with Crippen molar-refractivity contribution in [3.05, 3.63) is 16.4 Å². The van der Waals surface area contributed by atoms with Gasteiger partial charge in [0.1, 0.15) is 5.15 Å². The highest BCUT2D eigenvalue weighted by Crippen LogP contribution is 2.20. The second kappa shape index (κ2) is 6.75. The molecule has 1 rings (SSSR count). The van der Waals surface area contributed by atoms with Gasteiger partial charge in [-0.1, -0.05) is 18.5 Å². The van der Waals surface area contributed by atoms with Crippen molar-refractivity contribution in [1.82, 2.24) is 14.7 Å². The molecule has 0 aromatic carbocycles. The number of aryl methyl sites for hydroxylation is 2. The third-order valence-electron chi connectivity index (χ3n) is 2.96. The quantitative estimate of drug-likeness (QED) is 0.741. The second-order valence-electron chi connectivity index (χ2n) is 4.17. The van der Waals surface area contributed by atoms with E-state index in [9.17, 15) is 4.79 Å². The van der Waals surface area contributed by atoms with Crippen LogP contribution >= 0.6 is 11.6 Å². The molecule has 0 unspecified atom stereocenters. The monoisotopic (exact) mass is 273 g/mol. The fraction of sp³-hybridized carbons (Fsp3) is 0.667. The molecule has 0 aliphatic carbocycles. The van der Waals surface area contributed by atoms with Crippen molar-refractivity contribution in [1.29, 1.82) is 0 Å². The van der Waals surface area contributed by atoms with E-state index in [1.807, 2.05) is 14.0 Å². The first-order chi connectivity index (χ1) is 8.49. The third kappa shape index (κ3) is 3.71. The van der Waals surface area contributed by atoms with Gasteiger partial charge in [-0.05, 0) is 13.5 Å². The van der Waals surface area contributed by atoms with Gasteiger partial charge in [-0.25, -0.2) is 0 Å². The maximum absolute atomic E-state index is 11.1. The summed E-state index contributed by atoms with van der Waals surface area (Å²) in [5.41, 5.74) is 1.95. The summed E-state index contributed by atoms with van der Waals surface area (Å²) in [6, 6.07) is 0. The highest BCUT2D eigenvalue weighted by Gasteiger charge is 2.15. The normalized spacial score (nSPS) is 11.0. The van der Waals surface area contributed by atoms with Crippen molar-refractivity contribution in [2.24, 2.45) is 7.05 Å². The van der Waals surface area contributed by atoms with Crippen LogP contribution in [0.3, 0.4) is 0 Å². The topological polar surface area (TPSA) is 47.4 Å². The van der Waals surface area contributed by atoms with E-state index in [0.717, 1.165) is 17.8 Å². The SMILES string of the molecule is CCN(CCC(=O)OC)Cc1c(C)nn(C)c1Cl. The molecule has 102 valence electrons. The average molecular weight is 274 g/mol. The Hall–Kier alpha value is -1.07. The minimum atomic E-state index is -0.192. The van der Waals surface area contributed by atoms with Crippen LogP contribution in [0.4, 0.5) is 0 Å². The number of esters is 1. The van der Waals surface area contributed by atoms with Gasteiger partial charge in [0, 0.05) is 25.7 Å². The zero-order chi connectivity index (χ0) is 13.7. The first-order valence-electron chi connectivity index (χ1n) is 5.96. The van der Waals surface area contributed by atoms with Crippen LogP contribution in [0.2, 0.25) is 5.15 Å². The lowest BCUT2D eigenvalue weighted by Crippen LogP contribution is -2.26. The van der Waals surface area contributed by atoms with Gasteiger partial charge in [-0.15, -0.1) is 0 Å². The van der Waals surface area contributed by atoms with E-state index in [1.165, 1.54) is 7.11 Å². The molecule has 0 aliphatic rings. The predicted molar refractivity (Wildman–Crippen MR) is 70.5 cm³/mol. The number of carbonyl (C=O) groups excluding carboxylic acids is 1. The number of ether oxygens (including phenoxy) is 1. The molecular weight excluding hydrogens is 254 g/mol. The number of halogens is 1. The van der Waals surface area contributed by atoms with Gasteiger partial charge >= 0.3 is 5.97 Å². The van der Waals surface area contributed by atoms with Crippen molar-refractivity contribution < 1.29 is 9.53 Å². The molecule has 0 saturated carbocycles. The van der Waals surface area contributed by atoms with Crippen LogP contribution in [0.5, 0.6) is 0 Å². The Labute approximate surface area is 113 Å². The van der Waals surface area contributed by atoms with Gasteiger partial charge < -0.3 is 4.74 Å². The summed E-state index contributed by atoms with van der Waals surface area (Å²) < 4.78 is 6.31. The van der Waals surface area contributed by atoms with Gasteiger partial charge in [0.15, 0.2) is 0 Å². The Kier molecular flexibility index (Phi) is 5.62. The molecule has 0 radical (unpaired) electrons. The van der Waals surface area contributed by atoms with Crippen LogP contribution in [0, 0.1) is 6.92 Å². The molecule has 0 bridgehead atoms. The van der Waals surface area contributed by atoms with E-state index in [4.69, 9.17) is 11.6 Å². The number of hydrogen-bond acceptors (Lipinski definition) is 4. The fourth-order valence-corrected chi connectivity index (χ4v) is 2.01. The standard InChI is InChI=1S/C12H20ClN3O2/c1-5-16(7-6-11(17)18-4)8-10-9(2)14-15(3)12(10)13/h5-8H2,1-4H3. The smallest absolute Gasteiger partial charge is 0.306 e. The summed E-state index contributed by atoms with van der Waals surface area (Å²) in [7, 11) is 3.23. The van der Waals surface area contributed by atoms with Crippen molar-refractivity contribution >= 4 is 17.6 Å². The maximum atomic E-state index is 11.1. The molecule has 0 atom stereocenters. The molecule has 0 N–H and O–H groups in total. The van der Waals surface area contributed by atoms with Crippen LogP contribution in [0.15, 0.2) is 0 Å². The summed E-state index contributed by atoms with van der Waals surface area (Å²) in [6.45, 7) is 6.20. The summed E-state index contributed by atoms with van der Waals surface area (Å²) >= 11 is 6.19. The van der Waals surface area contributed by atoms with Crippen molar-refractivity contribution in [3.8, 4) is 0 Å². The number of carbonyl (C=O) groups is 1. The lowest BCUT2D eigenvalue weighted by Gasteiger charge is -2.19. The zero-order valence-corrected chi connectivity index (χ0v) is 12.1. The number of aromatic nitrogens is 2. The van der Waals surface area contributed by atoms with Crippen molar-refractivity contribution in [3.63, 3.8) is 0 Å². The Bertz CT molecular complexity index is 418. The Morgan fingerprint density at radius 1 is 1.56 bits per heavy atom. The fourth-order valence-electron chi connectivity index (χ4n) is 1.78. The molecule has 18 heavy (non-hydrogen) atoms. The third-order valence-corrected chi connectivity index (χ3v) is 3.43. The van der Waals surface area contributed by atoms with Gasteiger partial charge in [0.25, 0.3) is 0 Å². The molecule has 0 saturated heterocycles. The summed E-state index contributed by atoms with van der Waals surface area (Å²) in [6.07, 6.45) is 0.390. The first-order valence-corrected chi connectivity index (χ1v) is 6.34. The van der Waals surface area contributed by atoms with E-state index in [2.05, 4.69) is 21.7 Å². The van der Waals surface area contributed by atoms with Crippen LogP contribution in [-0.4, -0.2) is 40.8 Å². The minimum absolute atomic E-state index is 0.192. The van der Waals surface area contributed by atoms with Gasteiger partial charge in [0.05, 0.1) is 19.2 Å². The van der Waals surface area contributed by atoms with Crippen LogP contribution in [0.25, 0.3) is 0 Å². The number of hydrogen-bond donors (Lipinski definition) is 0. The highest BCUT2D eigenvalue weighted by atomic mass is 35.5. The number of rotatable bonds is 6. The molecular formula is C12H20ClN3O2. The van der Waals surface area contributed by atoms with Crippen molar-refractivity contribution in [2.75, 3.05) is 20.2 Å². The zero-order valence-electron chi connectivity index (χ0n) is 11.4. The van der Waals surface area contributed by atoms with Gasteiger partial charge in [0.2, 0.25) is 0 Å². The molecule has 1 aromatic heterocycles. The summed E-state index contributed by atoms with van der Waals surface area (Å²) in [4.78, 5) is 13.3. The molecule has 0 amide bonds. The van der Waals surface area contributed by atoms with Gasteiger partial charge in [-0.2, -0.15) is 5.10 Å². The lowest BCUT2D eigenvalue weighted by atomic mass is 10.2. The highest BCUT2D eigenvalue weighted by molar-refractivity contribution is 6.30. The number of methoxy groups -OCH3 is 1. The predicted octanol–water partition coefficient (Wildman–Crippen LogP) is 1.77.